The van der Waals surface area contributed by atoms with Crippen LogP contribution in [0.3, 0.4) is 0 Å². The number of nitrogens with one attached hydrogen (secondary N) is 1. The maximum absolute atomic E-state index is 11.6. The molecule has 0 amide bonds. The van der Waals surface area contributed by atoms with Crippen molar-refractivity contribution in [2.24, 2.45) is 0 Å². The molecule has 17 heavy (non-hydrogen) atoms. The second-order valence-corrected chi connectivity index (χ2v) is 5.78. The fourth-order valence-corrected chi connectivity index (χ4v) is 2.97. The summed E-state index contributed by atoms with van der Waals surface area (Å²) in [5.41, 5.74) is 0.300. The number of carbonyl (C=O) groups excluding carboxylic acids is 1. The number of esters is 1. The van der Waals surface area contributed by atoms with Crippen molar-refractivity contribution >= 4 is 31.9 Å². The summed E-state index contributed by atoms with van der Waals surface area (Å²) < 4.78 is 30.5. The van der Waals surface area contributed by atoms with Gasteiger partial charge in [-0.15, -0.1) is 0 Å². The van der Waals surface area contributed by atoms with E-state index >= 15 is 0 Å². The van der Waals surface area contributed by atoms with E-state index in [1.807, 2.05) is 0 Å². The molecule has 5 nitrogen and oxygen atoms in total. The first-order chi connectivity index (χ1) is 7.92. The first-order valence-electron chi connectivity index (χ1n) is 4.82. The Bertz CT molecular complexity index is 527. The fraction of sp³-hybridized carbons (Fsp3) is 0.300. The zero-order valence-electron chi connectivity index (χ0n) is 9.36. The van der Waals surface area contributed by atoms with Gasteiger partial charge in [-0.2, -0.15) is 0 Å². The second-order valence-electron chi connectivity index (χ2n) is 3.07. The van der Waals surface area contributed by atoms with Gasteiger partial charge >= 0.3 is 5.97 Å². The number of hydrogen-bond acceptors (Lipinski definition) is 4. The average Bonchev–Trinajstić information content (AvgIpc) is 2.29. The third-order valence-electron chi connectivity index (χ3n) is 2.00. The number of benzene rings is 1. The van der Waals surface area contributed by atoms with Crippen molar-refractivity contribution < 1.29 is 17.9 Å². The smallest absolute Gasteiger partial charge is 0.338 e. The highest BCUT2D eigenvalue weighted by Crippen LogP contribution is 2.23. The van der Waals surface area contributed by atoms with Gasteiger partial charge in [0.1, 0.15) is 0 Å². The number of hydrogen-bond donors (Lipinski definition) is 1. The quantitative estimate of drug-likeness (QED) is 0.854. The van der Waals surface area contributed by atoms with Gasteiger partial charge in [0.25, 0.3) is 0 Å². The predicted molar refractivity (Wildman–Crippen MR) is 66.3 cm³/mol. The second kappa shape index (κ2) is 5.61. The maximum Gasteiger partial charge on any atom is 0.338 e. The van der Waals surface area contributed by atoms with E-state index in [9.17, 15) is 13.2 Å². The molecule has 0 saturated heterocycles. The van der Waals surface area contributed by atoms with Crippen molar-refractivity contribution in [3.8, 4) is 0 Å². The number of ether oxygens (including phenoxy) is 1. The molecule has 0 aliphatic rings. The van der Waals surface area contributed by atoms with E-state index < -0.39 is 16.0 Å². The largest absolute Gasteiger partial charge is 0.462 e. The van der Waals surface area contributed by atoms with E-state index in [4.69, 9.17) is 4.74 Å². The third-order valence-corrected chi connectivity index (χ3v) is 4.39. The molecule has 1 aromatic carbocycles. The minimum absolute atomic E-state index is 0.0769. The summed E-state index contributed by atoms with van der Waals surface area (Å²) in [7, 11) is -2.21. The Kier molecular flexibility index (Phi) is 4.67. The van der Waals surface area contributed by atoms with Crippen LogP contribution in [0.5, 0.6) is 0 Å². The summed E-state index contributed by atoms with van der Waals surface area (Å²) in [5, 5.41) is 0. The molecule has 0 radical (unpaired) electrons. The Morgan fingerprint density at radius 1 is 1.47 bits per heavy atom. The lowest BCUT2D eigenvalue weighted by Gasteiger charge is -2.07. The molecule has 0 heterocycles. The average molecular weight is 322 g/mol. The molecule has 7 heteroatoms. The summed E-state index contributed by atoms with van der Waals surface area (Å²) in [6.45, 7) is 1.97. The molecule has 0 unspecified atom stereocenters. The molecule has 94 valence electrons. The summed E-state index contributed by atoms with van der Waals surface area (Å²) >= 11 is 3.12. The molecular formula is C10H12BrNO4S. The molecule has 0 saturated carbocycles. The molecule has 0 fully saturated rings. The Balaban J connectivity index is 3.15. The molecular weight excluding hydrogens is 310 g/mol. The van der Waals surface area contributed by atoms with Gasteiger partial charge in [-0.3, -0.25) is 0 Å². The summed E-state index contributed by atoms with van der Waals surface area (Å²) in [6, 6.07) is 4.18. The van der Waals surface area contributed by atoms with Gasteiger partial charge in [0, 0.05) is 4.47 Å². The Labute approximate surface area is 108 Å². The zero-order chi connectivity index (χ0) is 13.1. The van der Waals surface area contributed by atoms with Gasteiger partial charge in [0.2, 0.25) is 10.0 Å². The van der Waals surface area contributed by atoms with Crippen LogP contribution in [0.2, 0.25) is 0 Å². The van der Waals surface area contributed by atoms with Crippen LogP contribution in [0.1, 0.15) is 17.3 Å². The number of sulfonamides is 1. The summed E-state index contributed by atoms with van der Waals surface area (Å²) in [5.74, 6) is -0.485. The first kappa shape index (κ1) is 14.1. The highest BCUT2D eigenvalue weighted by atomic mass is 79.9. The summed E-state index contributed by atoms with van der Waals surface area (Å²) in [6.07, 6.45) is 0. The van der Waals surface area contributed by atoms with E-state index in [0.717, 1.165) is 0 Å². The zero-order valence-corrected chi connectivity index (χ0v) is 11.8. The highest BCUT2D eigenvalue weighted by Gasteiger charge is 2.17. The molecule has 0 aliphatic carbocycles. The normalized spacial score (nSPS) is 11.2. The Morgan fingerprint density at radius 2 is 2.12 bits per heavy atom. The lowest BCUT2D eigenvalue weighted by atomic mass is 10.2. The van der Waals surface area contributed by atoms with E-state index in [1.54, 1.807) is 6.92 Å². The van der Waals surface area contributed by atoms with Crippen LogP contribution in [0.25, 0.3) is 0 Å². The van der Waals surface area contributed by atoms with E-state index in [2.05, 4.69) is 20.7 Å². The van der Waals surface area contributed by atoms with Crippen molar-refractivity contribution in [3.63, 3.8) is 0 Å². The van der Waals surface area contributed by atoms with E-state index in [0.29, 0.717) is 10.0 Å². The molecule has 1 rings (SSSR count). The van der Waals surface area contributed by atoms with Crippen LogP contribution in [0.15, 0.2) is 27.6 Å². The molecule has 0 aliphatic heterocycles. The standard InChI is InChI=1S/C10H12BrNO4S/c1-3-16-10(13)7-4-5-9(8(11)6-7)17(14,15)12-2/h4-6,12H,3H2,1-2H3. The number of rotatable bonds is 4. The Morgan fingerprint density at radius 3 is 2.59 bits per heavy atom. The highest BCUT2D eigenvalue weighted by molar-refractivity contribution is 9.10. The van der Waals surface area contributed by atoms with Gasteiger partial charge < -0.3 is 4.74 Å². The van der Waals surface area contributed by atoms with Gasteiger partial charge in [0.15, 0.2) is 0 Å². The topological polar surface area (TPSA) is 72.5 Å². The van der Waals surface area contributed by atoms with Gasteiger partial charge in [0.05, 0.1) is 17.1 Å². The van der Waals surface area contributed by atoms with Crippen LogP contribution < -0.4 is 4.72 Å². The summed E-state index contributed by atoms with van der Waals surface area (Å²) in [4.78, 5) is 11.5. The molecule has 0 bridgehead atoms. The van der Waals surface area contributed by atoms with E-state index in [-0.39, 0.29) is 11.5 Å². The maximum atomic E-state index is 11.6. The predicted octanol–water partition coefficient (Wildman–Crippen LogP) is 1.53. The molecule has 1 aromatic rings. The molecule has 0 atom stereocenters. The third kappa shape index (κ3) is 3.27. The Hall–Kier alpha value is -0.920. The van der Waals surface area contributed by atoms with Crippen LogP contribution in [-0.4, -0.2) is 28.0 Å². The monoisotopic (exact) mass is 321 g/mol. The van der Waals surface area contributed by atoms with Gasteiger partial charge in [-0.1, -0.05) is 0 Å². The van der Waals surface area contributed by atoms with Crippen molar-refractivity contribution in [2.75, 3.05) is 13.7 Å². The molecule has 0 aromatic heterocycles. The van der Waals surface area contributed by atoms with Crippen molar-refractivity contribution in [2.45, 2.75) is 11.8 Å². The van der Waals surface area contributed by atoms with Gasteiger partial charge in [-0.05, 0) is 48.1 Å². The number of carbonyl (C=O) groups is 1. The minimum atomic E-state index is -3.53. The van der Waals surface area contributed by atoms with Crippen molar-refractivity contribution in [1.29, 1.82) is 0 Å². The minimum Gasteiger partial charge on any atom is -0.462 e. The van der Waals surface area contributed by atoms with Crippen LogP contribution >= 0.6 is 15.9 Å². The van der Waals surface area contributed by atoms with Crippen LogP contribution in [0.4, 0.5) is 0 Å². The van der Waals surface area contributed by atoms with Crippen molar-refractivity contribution in [3.05, 3.63) is 28.2 Å². The molecule has 1 N–H and O–H groups in total. The lowest BCUT2D eigenvalue weighted by molar-refractivity contribution is 0.0526. The number of halogens is 1. The first-order valence-corrected chi connectivity index (χ1v) is 7.10. The SMILES string of the molecule is CCOC(=O)c1ccc(S(=O)(=O)NC)c(Br)c1. The lowest BCUT2D eigenvalue weighted by Crippen LogP contribution is -2.19. The van der Waals surface area contributed by atoms with Crippen molar-refractivity contribution in [1.82, 2.24) is 4.72 Å². The van der Waals surface area contributed by atoms with Crippen LogP contribution in [0, 0.1) is 0 Å². The van der Waals surface area contributed by atoms with E-state index in [1.165, 1.54) is 25.2 Å². The fourth-order valence-electron chi connectivity index (χ4n) is 1.17. The van der Waals surface area contributed by atoms with Crippen LogP contribution in [-0.2, 0) is 14.8 Å². The van der Waals surface area contributed by atoms with Gasteiger partial charge in [-0.25, -0.2) is 17.9 Å². The molecule has 0 spiro atoms.